The van der Waals surface area contributed by atoms with Gasteiger partial charge in [-0.2, -0.15) is 9.78 Å². The lowest BCUT2D eigenvalue weighted by Gasteiger charge is -2.09. The van der Waals surface area contributed by atoms with Crippen molar-refractivity contribution in [3.63, 3.8) is 0 Å². The molecular weight excluding hydrogens is 436 g/mol. The largest absolute Gasteiger partial charge is 0.310 e. The molecule has 3 heterocycles. The molecule has 0 aliphatic heterocycles. The number of aryl methyl sites for hydroxylation is 3. The molecule has 0 radical (unpaired) electrons. The first-order valence-corrected chi connectivity index (χ1v) is 11.3. The van der Waals surface area contributed by atoms with Crippen LogP contribution in [0.25, 0.3) is 17.3 Å². The van der Waals surface area contributed by atoms with Crippen LogP contribution in [0.15, 0.2) is 60.3 Å². The fourth-order valence-corrected chi connectivity index (χ4v) is 4.09. The third kappa shape index (κ3) is 5.17. The van der Waals surface area contributed by atoms with Crippen molar-refractivity contribution in [3.05, 3.63) is 72.2 Å². The van der Waals surface area contributed by atoms with Crippen molar-refractivity contribution in [2.75, 3.05) is 11.1 Å². The molecule has 0 saturated carbocycles. The summed E-state index contributed by atoms with van der Waals surface area (Å²) in [6.45, 7) is 10.0. The fourth-order valence-electron chi connectivity index (χ4n) is 3.34. The zero-order chi connectivity index (χ0) is 23.4. The van der Waals surface area contributed by atoms with E-state index in [1.54, 1.807) is 16.8 Å². The van der Waals surface area contributed by atoms with E-state index in [0.29, 0.717) is 23.5 Å². The molecule has 4 rings (SSSR count). The quantitative estimate of drug-likeness (QED) is 0.315. The summed E-state index contributed by atoms with van der Waals surface area (Å²) in [6.07, 6.45) is 1.78. The maximum Gasteiger partial charge on any atom is 0.252 e. The molecule has 0 spiro atoms. The predicted octanol–water partition coefficient (Wildman–Crippen LogP) is 3.76. The Kier molecular flexibility index (Phi) is 6.64. The highest BCUT2D eigenvalue weighted by Crippen LogP contribution is 2.24. The van der Waals surface area contributed by atoms with E-state index in [4.69, 9.17) is 0 Å². The van der Waals surface area contributed by atoms with Gasteiger partial charge >= 0.3 is 0 Å². The molecule has 0 bridgehead atoms. The van der Waals surface area contributed by atoms with Gasteiger partial charge in [0.1, 0.15) is 5.82 Å². The predicted molar refractivity (Wildman–Crippen MR) is 128 cm³/mol. The number of nitrogens with one attached hydrogen (secondary N) is 1. The van der Waals surface area contributed by atoms with E-state index in [9.17, 15) is 4.79 Å². The summed E-state index contributed by atoms with van der Waals surface area (Å²) in [5.41, 5.74) is 3.36. The second-order valence-corrected chi connectivity index (χ2v) is 8.38. The number of carbonyl (C=O) groups excluding carboxylic acids is 1. The number of aromatic nitrogens is 7. The molecule has 10 heteroatoms. The lowest BCUT2D eigenvalue weighted by molar-refractivity contribution is -0.113. The molecule has 0 saturated heterocycles. The molecule has 0 fully saturated rings. The Bertz CT molecular complexity index is 1280. The molecule has 33 heavy (non-hydrogen) atoms. The number of amides is 1. The van der Waals surface area contributed by atoms with E-state index in [-0.39, 0.29) is 11.7 Å². The fraction of sp³-hybridized carbons (Fsp3) is 0.217. The van der Waals surface area contributed by atoms with Crippen LogP contribution < -0.4 is 5.32 Å². The zero-order valence-electron chi connectivity index (χ0n) is 18.7. The molecule has 1 aromatic carbocycles. The molecule has 9 nitrogen and oxygen atoms in total. The van der Waals surface area contributed by atoms with Crippen LogP contribution in [0.2, 0.25) is 0 Å². The molecule has 1 amide bonds. The van der Waals surface area contributed by atoms with Crippen LogP contribution in [0.4, 0.5) is 5.82 Å². The number of anilines is 1. The van der Waals surface area contributed by atoms with Gasteiger partial charge in [0.15, 0.2) is 11.0 Å². The summed E-state index contributed by atoms with van der Waals surface area (Å²) >= 11 is 1.31. The Balaban J connectivity index is 1.50. The lowest BCUT2D eigenvalue weighted by Crippen LogP contribution is -2.18. The van der Waals surface area contributed by atoms with Crippen LogP contribution in [-0.4, -0.2) is 46.2 Å². The Morgan fingerprint density at radius 3 is 2.48 bits per heavy atom. The summed E-state index contributed by atoms with van der Waals surface area (Å²) in [5, 5.41) is 16.6. The lowest BCUT2D eigenvalue weighted by atomic mass is 10.2. The minimum absolute atomic E-state index is 0.155. The average molecular weight is 461 g/mol. The van der Waals surface area contributed by atoms with Crippen molar-refractivity contribution in [3.8, 4) is 17.3 Å². The van der Waals surface area contributed by atoms with E-state index < -0.39 is 0 Å². The first-order chi connectivity index (χ1) is 15.9. The van der Waals surface area contributed by atoms with Gasteiger partial charge in [-0.1, -0.05) is 48.2 Å². The van der Waals surface area contributed by atoms with Crippen molar-refractivity contribution >= 4 is 23.5 Å². The highest BCUT2D eigenvalue weighted by atomic mass is 32.2. The summed E-state index contributed by atoms with van der Waals surface area (Å²) in [7, 11) is 0. The van der Waals surface area contributed by atoms with Gasteiger partial charge in [0.05, 0.1) is 11.4 Å². The average Bonchev–Trinajstić information content (AvgIpc) is 3.35. The van der Waals surface area contributed by atoms with Gasteiger partial charge in [0, 0.05) is 29.6 Å². The number of hydrogen-bond acceptors (Lipinski definition) is 7. The topological polar surface area (TPSA) is 103 Å². The van der Waals surface area contributed by atoms with Crippen molar-refractivity contribution in [2.24, 2.45) is 0 Å². The van der Waals surface area contributed by atoms with Gasteiger partial charge in [-0.25, -0.2) is 9.97 Å². The van der Waals surface area contributed by atoms with E-state index in [1.807, 2.05) is 61.7 Å². The molecule has 4 aromatic rings. The van der Waals surface area contributed by atoms with Gasteiger partial charge in [-0.05, 0) is 26.8 Å². The van der Waals surface area contributed by atoms with Crippen molar-refractivity contribution in [1.29, 1.82) is 0 Å². The highest BCUT2D eigenvalue weighted by Gasteiger charge is 2.17. The minimum atomic E-state index is -0.195. The molecule has 0 atom stereocenters. The monoisotopic (exact) mass is 460 g/mol. The van der Waals surface area contributed by atoms with E-state index in [1.165, 1.54) is 11.8 Å². The second-order valence-electron chi connectivity index (χ2n) is 7.44. The Morgan fingerprint density at radius 1 is 1.06 bits per heavy atom. The summed E-state index contributed by atoms with van der Waals surface area (Å²) in [6, 6.07) is 13.5. The molecule has 168 valence electrons. The summed E-state index contributed by atoms with van der Waals surface area (Å²) in [5.74, 6) is 1.63. The normalized spacial score (nSPS) is 10.9. The standard InChI is InChI=1S/C23H24N8OS/c1-5-11-30-21(18-9-7-6-8-10-18)27-28-23(30)33-14-20(32)26-19-13-17(4)29-31(19)22-24-15(2)12-16(3)25-22/h5-10,12-13H,1,11,14H2,2-4H3,(H,26,32). The molecule has 1 N–H and O–H groups in total. The van der Waals surface area contributed by atoms with Gasteiger partial charge in [-0.15, -0.1) is 16.8 Å². The molecular formula is C23H24N8OS. The first kappa shape index (κ1) is 22.4. The highest BCUT2D eigenvalue weighted by molar-refractivity contribution is 7.99. The van der Waals surface area contributed by atoms with Gasteiger partial charge in [0.2, 0.25) is 5.91 Å². The molecule has 3 aromatic heterocycles. The Hall–Kier alpha value is -3.79. The zero-order valence-corrected chi connectivity index (χ0v) is 19.5. The van der Waals surface area contributed by atoms with Crippen molar-refractivity contribution in [1.82, 2.24) is 34.5 Å². The van der Waals surface area contributed by atoms with Crippen LogP contribution in [0, 0.1) is 20.8 Å². The summed E-state index contributed by atoms with van der Waals surface area (Å²) in [4.78, 5) is 21.7. The van der Waals surface area contributed by atoms with Crippen LogP contribution >= 0.6 is 11.8 Å². The number of allylic oxidation sites excluding steroid dienone is 1. The first-order valence-electron chi connectivity index (χ1n) is 10.4. The Morgan fingerprint density at radius 2 is 1.79 bits per heavy atom. The number of benzene rings is 1. The number of rotatable bonds is 8. The Labute approximate surface area is 196 Å². The summed E-state index contributed by atoms with van der Waals surface area (Å²) < 4.78 is 3.49. The smallest absolute Gasteiger partial charge is 0.252 e. The van der Waals surface area contributed by atoms with Crippen LogP contribution in [0.1, 0.15) is 17.1 Å². The number of nitrogens with zero attached hydrogens (tertiary/aromatic N) is 7. The second kappa shape index (κ2) is 9.78. The maximum absolute atomic E-state index is 12.8. The third-order valence-corrected chi connectivity index (χ3v) is 5.62. The van der Waals surface area contributed by atoms with Crippen LogP contribution in [0.3, 0.4) is 0 Å². The number of thioether (sulfide) groups is 1. The van der Waals surface area contributed by atoms with Crippen molar-refractivity contribution < 1.29 is 4.79 Å². The van der Waals surface area contributed by atoms with Gasteiger partial charge in [0.25, 0.3) is 5.95 Å². The van der Waals surface area contributed by atoms with E-state index >= 15 is 0 Å². The molecule has 0 unspecified atom stereocenters. The van der Waals surface area contributed by atoms with Crippen molar-refractivity contribution in [2.45, 2.75) is 32.5 Å². The van der Waals surface area contributed by atoms with Gasteiger partial charge < -0.3 is 5.32 Å². The molecule has 0 aliphatic carbocycles. The van der Waals surface area contributed by atoms with E-state index in [2.05, 4.69) is 37.2 Å². The SMILES string of the molecule is C=CCn1c(SCC(=O)Nc2cc(C)nn2-c2nc(C)cc(C)n2)nnc1-c1ccccc1. The van der Waals surface area contributed by atoms with E-state index in [0.717, 1.165) is 28.5 Å². The van der Waals surface area contributed by atoms with Crippen LogP contribution in [-0.2, 0) is 11.3 Å². The van der Waals surface area contributed by atoms with Gasteiger partial charge in [-0.3, -0.25) is 9.36 Å². The molecule has 0 aliphatic rings. The minimum Gasteiger partial charge on any atom is -0.310 e. The maximum atomic E-state index is 12.8. The van der Waals surface area contributed by atoms with Crippen LogP contribution in [0.5, 0.6) is 0 Å². The number of hydrogen-bond donors (Lipinski definition) is 1. The number of carbonyl (C=O) groups is 1. The third-order valence-electron chi connectivity index (χ3n) is 4.65.